The highest BCUT2D eigenvalue weighted by Gasteiger charge is 2.09. The van der Waals surface area contributed by atoms with E-state index in [1.807, 2.05) is 25.1 Å². The predicted molar refractivity (Wildman–Crippen MR) is 83.4 cm³/mol. The fourth-order valence-electron chi connectivity index (χ4n) is 1.51. The lowest BCUT2D eigenvalue weighted by Crippen LogP contribution is -2.18. The molecule has 0 amide bonds. The number of nitrogens with zero attached hydrogens (tertiary/aromatic N) is 3. The Balaban J connectivity index is 1.90. The van der Waals surface area contributed by atoms with Gasteiger partial charge in [-0.2, -0.15) is 0 Å². The fourth-order valence-corrected chi connectivity index (χ4v) is 2.14. The minimum Gasteiger partial charge on any atom is -0.462 e. The molecule has 0 fully saturated rings. The van der Waals surface area contributed by atoms with Gasteiger partial charge < -0.3 is 9.47 Å². The molecule has 2 rings (SSSR count). The Bertz CT molecular complexity index is 610. The molecule has 2 aromatic heterocycles. The van der Waals surface area contributed by atoms with Crippen molar-refractivity contribution in [3.05, 3.63) is 36.7 Å². The second kappa shape index (κ2) is 8.45. The summed E-state index contributed by atoms with van der Waals surface area (Å²) in [5, 5.41) is 0.514. The van der Waals surface area contributed by atoms with E-state index in [9.17, 15) is 4.79 Å². The molecule has 0 aliphatic carbocycles. The van der Waals surface area contributed by atoms with Crippen molar-refractivity contribution in [3.8, 4) is 11.4 Å². The van der Waals surface area contributed by atoms with Crippen LogP contribution >= 0.6 is 11.8 Å². The molecule has 0 saturated carbocycles. The SMILES string of the molecule is COC(C)COC(=O)CSc1nccc(-c2ccccn2)n1. The first kappa shape index (κ1) is 16.4. The molecule has 0 N–H and O–H groups in total. The maximum Gasteiger partial charge on any atom is 0.316 e. The quantitative estimate of drug-likeness (QED) is 0.440. The zero-order valence-corrected chi connectivity index (χ0v) is 13.2. The molecule has 0 spiro atoms. The van der Waals surface area contributed by atoms with Crippen molar-refractivity contribution >= 4 is 17.7 Å². The molecule has 22 heavy (non-hydrogen) atoms. The highest BCUT2D eigenvalue weighted by Crippen LogP contribution is 2.18. The van der Waals surface area contributed by atoms with Crippen LogP contribution in [-0.4, -0.2) is 46.5 Å². The number of thioether (sulfide) groups is 1. The van der Waals surface area contributed by atoms with E-state index in [1.54, 1.807) is 25.6 Å². The predicted octanol–water partition coefficient (Wildman–Crippen LogP) is 2.21. The lowest BCUT2D eigenvalue weighted by molar-refractivity contribution is -0.143. The van der Waals surface area contributed by atoms with Gasteiger partial charge in [0.25, 0.3) is 0 Å². The van der Waals surface area contributed by atoms with Crippen LogP contribution in [0.3, 0.4) is 0 Å². The topological polar surface area (TPSA) is 74.2 Å². The van der Waals surface area contributed by atoms with Gasteiger partial charge >= 0.3 is 5.97 Å². The summed E-state index contributed by atoms with van der Waals surface area (Å²) in [6.45, 7) is 2.07. The van der Waals surface area contributed by atoms with Gasteiger partial charge in [0.15, 0.2) is 5.16 Å². The summed E-state index contributed by atoms with van der Waals surface area (Å²) in [6.07, 6.45) is 3.24. The molecule has 0 bridgehead atoms. The van der Waals surface area contributed by atoms with E-state index in [-0.39, 0.29) is 24.4 Å². The third-order valence-corrected chi connectivity index (χ3v) is 3.60. The first-order valence-corrected chi connectivity index (χ1v) is 7.73. The van der Waals surface area contributed by atoms with E-state index < -0.39 is 0 Å². The highest BCUT2D eigenvalue weighted by molar-refractivity contribution is 7.99. The van der Waals surface area contributed by atoms with E-state index in [0.717, 1.165) is 11.4 Å². The molecule has 2 heterocycles. The standard InChI is InChI=1S/C15H17N3O3S/c1-11(20-2)9-21-14(19)10-22-15-17-8-6-13(18-15)12-5-3-4-7-16-12/h3-8,11H,9-10H2,1-2H3. The molecule has 1 unspecified atom stereocenters. The lowest BCUT2D eigenvalue weighted by atomic mass is 10.3. The number of rotatable bonds is 7. The molecule has 0 aromatic carbocycles. The van der Waals surface area contributed by atoms with Crippen molar-refractivity contribution in [1.82, 2.24) is 15.0 Å². The zero-order chi connectivity index (χ0) is 15.8. The molecular weight excluding hydrogens is 302 g/mol. The second-order valence-electron chi connectivity index (χ2n) is 4.46. The van der Waals surface area contributed by atoms with E-state index in [0.29, 0.717) is 5.16 Å². The maximum atomic E-state index is 11.6. The molecule has 2 aromatic rings. The van der Waals surface area contributed by atoms with Crippen LogP contribution in [0.4, 0.5) is 0 Å². The van der Waals surface area contributed by atoms with Crippen LogP contribution in [0.25, 0.3) is 11.4 Å². The number of hydrogen-bond donors (Lipinski definition) is 0. The smallest absolute Gasteiger partial charge is 0.316 e. The molecule has 0 radical (unpaired) electrons. The van der Waals surface area contributed by atoms with Gasteiger partial charge in [-0.25, -0.2) is 9.97 Å². The lowest BCUT2D eigenvalue weighted by Gasteiger charge is -2.09. The van der Waals surface area contributed by atoms with Gasteiger partial charge in [0, 0.05) is 19.5 Å². The number of pyridine rings is 1. The Morgan fingerprint density at radius 2 is 2.09 bits per heavy atom. The van der Waals surface area contributed by atoms with E-state index in [2.05, 4.69) is 15.0 Å². The van der Waals surface area contributed by atoms with Crippen molar-refractivity contribution in [2.24, 2.45) is 0 Å². The number of hydrogen-bond acceptors (Lipinski definition) is 7. The van der Waals surface area contributed by atoms with Crippen LogP contribution in [-0.2, 0) is 14.3 Å². The van der Waals surface area contributed by atoms with Crippen LogP contribution < -0.4 is 0 Å². The van der Waals surface area contributed by atoms with Crippen molar-refractivity contribution in [2.45, 2.75) is 18.2 Å². The maximum absolute atomic E-state index is 11.6. The third kappa shape index (κ3) is 5.09. The molecule has 6 nitrogen and oxygen atoms in total. The third-order valence-electron chi connectivity index (χ3n) is 2.76. The molecule has 1 atom stereocenters. The van der Waals surface area contributed by atoms with Crippen LogP contribution in [0.2, 0.25) is 0 Å². The molecule has 0 aliphatic rings. The average Bonchev–Trinajstić information content (AvgIpc) is 2.58. The van der Waals surface area contributed by atoms with Crippen molar-refractivity contribution in [1.29, 1.82) is 0 Å². The first-order valence-electron chi connectivity index (χ1n) is 6.74. The van der Waals surface area contributed by atoms with Gasteiger partial charge in [0.1, 0.15) is 6.61 Å². The monoisotopic (exact) mass is 319 g/mol. The molecule has 116 valence electrons. The number of esters is 1. The Hall–Kier alpha value is -1.99. The van der Waals surface area contributed by atoms with Crippen LogP contribution in [0.5, 0.6) is 0 Å². The van der Waals surface area contributed by atoms with E-state index >= 15 is 0 Å². The Morgan fingerprint density at radius 1 is 1.23 bits per heavy atom. The van der Waals surface area contributed by atoms with Crippen LogP contribution in [0, 0.1) is 0 Å². The van der Waals surface area contributed by atoms with Gasteiger partial charge in [-0.3, -0.25) is 9.78 Å². The molecule has 0 aliphatic heterocycles. The molecule has 7 heteroatoms. The van der Waals surface area contributed by atoms with Gasteiger partial charge in [0.05, 0.1) is 23.2 Å². The number of methoxy groups -OCH3 is 1. The summed E-state index contributed by atoms with van der Waals surface area (Å²) in [7, 11) is 1.57. The second-order valence-corrected chi connectivity index (χ2v) is 5.40. The normalized spacial score (nSPS) is 11.9. The summed E-state index contributed by atoms with van der Waals surface area (Å²) in [6, 6.07) is 7.39. The van der Waals surface area contributed by atoms with E-state index in [1.165, 1.54) is 11.8 Å². The van der Waals surface area contributed by atoms with Crippen LogP contribution in [0.15, 0.2) is 41.8 Å². The number of carbonyl (C=O) groups is 1. The number of ether oxygens (including phenoxy) is 2. The molecular formula is C15H17N3O3S. The largest absolute Gasteiger partial charge is 0.462 e. The Labute approximate surface area is 133 Å². The first-order chi connectivity index (χ1) is 10.7. The Kier molecular flexibility index (Phi) is 6.29. The minimum atomic E-state index is -0.319. The average molecular weight is 319 g/mol. The zero-order valence-electron chi connectivity index (χ0n) is 12.4. The summed E-state index contributed by atoms with van der Waals surface area (Å²) in [5.41, 5.74) is 1.49. The summed E-state index contributed by atoms with van der Waals surface area (Å²) < 4.78 is 10.1. The van der Waals surface area contributed by atoms with Gasteiger partial charge in [-0.1, -0.05) is 17.8 Å². The number of carbonyl (C=O) groups excluding carboxylic acids is 1. The van der Waals surface area contributed by atoms with Gasteiger partial charge in [-0.15, -0.1) is 0 Å². The minimum absolute atomic E-state index is 0.113. The van der Waals surface area contributed by atoms with Crippen molar-refractivity contribution < 1.29 is 14.3 Å². The molecule has 0 saturated heterocycles. The van der Waals surface area contributed by atoms with Crippen molar-refractivity contribution in [3.63, 3.8) is 0 Å². The van der Waals surface area contributed by atoms with Gasteiger partial charge in [-0.05, 0) is 25.1 Å². The fraction of sp³-hybridized carbons (Fsp3) is 0.333. The highest BCUT2D eigenvalue weighted by atomic mass is 32.2. The summed E-state index contributed by atoms with van der Waals surface area (Å²) >= 11 is 1.23. The Morgan fingerprint density at radius 3 is 2.82 bits per heavy atom. The number of aromatic nitrogens is 3. The summed E-state index contributed by atoms with van der Waals surface area (Å²) in [5.74, 6) is -0.164. The summed E-state index contributed by atoms with van der Waals surface area (Å²) in [4.78, 5) is 24.4. The van der Waals surface area contributed by atoms with Crippen LogP contribution in [0.1, 0.15) is 6.92 Å². The van der Waals surface area contributed by atoms with Crippen molar-refractivity contribution in [2.75, 3.05) is 19.5 Å². The van der Waals surface area contributed by atoms with Gasteiger partial charge in [0.2, 0.25) is 0 Å². The van der Waals surface area contributed by atoms with E-state index in [4.69, 9.17) is 9.47 Å².